The van der Waals surface area contributed by atoms with Crippen molar-refractivity contribution in [1.82, 2.24) is 4.90 Å². The number of hydrogen-bond donors (Lipinski definition) is 1. The fourth-order valence-electron chi connectivity index (χ4n) is 4.96. The molecule has 1 N–H and O–H groups in total. The summed E-state index contributed by atoms with van der Waals surface area (Å²) in [6, 6.07) is 3.69. The fourth-order valence-corrected chi connectivity index (χ4v) is 5.31. The molecule has 1 aromatic rings. The minimum Gasteiger partial charge on any atom is -0.454 e. The number of benzene rings is 1. The molecular formula is C20H20Cl2N2O5. The van der Waals surface area contributed by atoms with Crippen LogP contribution in [0.2, 0.25) is 10.0 Å². The van der Waals surface area contributed by atoms with Gasteiger partial charge in [0.15, 0.2) is 6.61 Å². The second kappa shape index (κ2) is 7.61. The Morgan fingerprint density at radius 3 is 2.41 bits per heavy atom. The number of anilines is 1. The van der Waals surface area contributed by atoms with Gasteiger partial charge < -0.3 is 10.1 Å². The van der Waals surface area contributed by atoms with Crippen molar-refractivity contribution in [2.24, 2.45) is 23.7 Å². The van der Waals surface area contributed by atoms with Gasteiger partial charge in [0.05, 0.1) is 27.6 Å². The van der Waals surface area contributed by atoms with E-state index in [-0.39, 0.29) is 45.5 Å². The quantitative estimate of drug-likeness (QED) is 0.563. The third-order valence-electron chi connectivity index (χ3n) is 6.26. The van der Waals surface area contributed by atoms with Crippen molar-refractivity contribution in [3.05, 3.63) is 28.2 Å². The van der Waals surface area contributed by atoms with Gasteiger partial charge >= 0.3 is 5.97 Å². The summed E-state index contributed by atoms with van der Waals surface area (Å²) >= 11 is 11.9. The zero-order chi connectivity index (χ0) is 20.9. The molecule has 5 atom stereocenters. The molecule has 4 rings (SSSR count). The number of amides is 3. The van der Waals surface area contributed by atoms with Gasteiger partial charge in [0, 0.05) is 0 Å². The van der Waals surface area contributed by atoms with Crippen LogP contribution < -0.4 is 5.32 Å². The normalized spacial score (nSPS) is 28.4. The lowest BCUT2D eigenvalue weighted by Gasteiger charge is -2.23. The van der Waals surface area contributed by atoms with E-state index in [1.165, 1.54) is 6.92 Å². The number of nitrogens with one attached hydrogen (secondary N) is 1. The molecular weight excluding hydrogens is 419 g/mol. The van der Waals surface area contributed by atoms with Crippen LogP contribution in [0.3, 0.4) is 0 Å². The molecule has 0 unspecified atom stereocenters. The second-order valence-electron chi connectivity index (χ2n) is 7.86. The fraction of sp³-hybridized carbons (Fsp3) is 0.500. The van der Waals surface area contributed by atoms with Crippen LogP contribution in [0, 0.1) is 23.7 Å². The minimum absolute atomic E-state index is 0.177. The number of halogens is 2. The van der Waals surface area contributed by atoms with Crippen molar-refractivity contribution in [3.8, 4) is 0 Å². The topological polar surface area (TPSA) is 92.8 Å². The molecule has 154 valence electrons. The van der Waals surface area contributed by atoms with Crippen LogP contribution in [-0.4, -0.2) is 41.2 Å². The molecule has 29 heavy (non-hydrogen) atoms. The molecule has 1 saturated heterocycles. The Balaban J connectivity index is 1.35. The van der Waals surface area contributed by atoms with Gasteiger partial charge in [-0.1, -0.05) is 29.3 Å². The molecule has 0 radical (unpaired) electrons. The highest BCUT2D eigenvalue weighted by molar-refractivity contribution is 6.44. The molecule has 1 aliphatic heterocycles. The van der Waals surface area contributed by atoms with Crippen molar-refractivity contribution >= 4 is 52.6 Å². The lowest BCUT2D eigenvalue weighted by molar-refractivity contribution is -0.159. The third-order valence-corrected chi connectivity index (χ3v) is 7.08. The average Bonchev–Trinajstić information content (AvgIpc) is 3.37. The van der Waals surface area contributed by atoms with E-state index >= 15 is 0 Å². The maximum Gasteiger partial charge on any atom is 0.329 e. The predicted molar refractivity (Wildman–Crippen MR) is 105 cm³/mol. The molecule has 2 aliphatic carbocycles. The Kier molecular flexibility index (Phi) is 5.29. The van der Waals surface area contributed by atoms with Gasteiger partial charge in [-0.25, -0.2) is 4.79 Å². The highest BCUT2D eigenvalue weighted by atomic mass is 35.5. The summed E-state index contributed by atoms with van der Waals surface area (Å²) in [5, 5.41) is 2.96. The highest BCUT2D eigenvalue weighted by Gasteiger charge is 2.62. The van der Waals surface area contributed by atoms with Crippen LogP contribution in [0.15, 0.2) is 18.2 Å². The summed E-state index contributed by atoms with van der Waals surface area (Å²) in [5.74, 6) is -2.10. The van der Waals surface area contributed by atoms with Crippen molar-refractivity contribution in [2.75, 3.05) is 11.9 Å². The number of ether oxygens (including phenoxy) is 1. The molecule has 3 fully saturated rings. The number of carbonyl (C=O) groups excluding carboxylic acids is 4. The lowest BCUT2D eigenvalue weighted by atomic mass is 9.81. The first-order valence-electron chi connectivity index (χ1n) is 9.57. The molecule has 0 aromatic heterocycles. The van der Waals surface area contributed by atoms with Gasteiger partial charge in [-0.3, -0.25) is 19.3 Å². The molecule has 9 heteroatoms. The largest absolute Gasteiger partial charge is 0.454 e. The van der Waals surface area contributed by atoms with E-state index in [1.54, 1.807) is 18.2 Å². The van der Waals surface area contributed by atoms with Gasteiger partial charge in [-0.05, 0) is 50.2 Å². The van der Waals surface area contributed by atoms with E-state index in [9.17, 15) is 19.2 Å². The molecule has 2 bridgehead atoms. The average molecular weight is 439 g/mol. The second-order valence-corrected chi connectivity index (χ2v) is 8.65. The monoisotopic (exact) mass is 438 g/mol. The van der Waals surface area contributed by atoms with Crippen LogP contribution in [0.4, 0.5) is 5.69 Å². The molecule has 3 amide bonds. The molecule has 1 heterocycles. The van der Waals surface area contributed by atoms with E-state index in [2.05, 4.69) is 5.32 Å². The Morgan fingerprint density at radius 1 is 1.17 bits per heavy atom. The summed E-state index contributed by atoms with van der Waals surface area (Å²) in [7, 11) is 0. The Hall–Kier alpha value is -2.12. The lowest BCUT2D eigenvalue weighted by Crippen LogP contribution is -2.45. The van der Waals surface area contributed by atoms with Gasteiger partial charge in [0.1, 0.15) is 6.04 Å². The van der Waals surface area contributed by atoms with Crippen LogP contribution in [0.25, 0.3) is 0 Å². The van der Waals surface area contributed by atoms with Crippen molar-refractivity contribution in [3.63, 3.8) is 0 Å². The summed E-state index contributed by atoms with van der Waals surface area (Å²) < 4.78 is 5.04. The smallest absolute Gasteiger partial charge is 0.329 e. The van der Waals surface area contributed by atoms with E-state index in [1.807, 2.05) is 0 Å². The Bertz CT molecular complexity index is 877. The zero-order valence-corrected chi connectivity index (χ0v) is 17.2. The molecule has 2 saturated carbocycles. The predicted octanol–water partition coefficient (Wildman–Crippen LogP) is 2.89. The van der Waals surface area contributed by atoms with Crippen LogP contribution in [-0.2, 0) is 23.9 Å². The van der Waals surface area contributed by atoms with Gasteiger partial charge in [-0.15, -0.1) is 0 Å². The molecule has 1 aromatic carbocycles. The van der Waals surface area contributed by atoms with Gasteiger partial charge in [0.2, 0.25) is 11.8 Å². The van der Waals surface area contributed by atoms with Crippen LogP contribution >= 0.6 is 23.2 Å². The first-order valence-corrected chi connectivity index (χ1v) is 10.3. The first-order chi connectivity index (χ1) is 13.8. The Labute approximate surface area is 177 Å². The number of likely N-dealkylation sites (tertiary alicyclic amines) is 1. The van der Waals surface area contributed by atoms with Crippen molar-refractivity contribution in [1.29, 1.82) is 0 Å². The summed E-state index contributed by atoms with van der Waals surface area (Å²) in [6.07, 6.45) is 2.85. The van der Waals surface area contributed by atoms with Gasteiger partial charge in [0.25, 0.3) is 5.91 Å². The number of nitrogens with zero attached hydrogens (tertiary/aromatic N) is 1. The van der Waals surface area contributed by atoms with E-state index in [0.717, 1.165) is 24.2 Å². The minimum atomic E-state index is -1.07. The first kappa shape index (κ1) is 20.2. The summed E-state index contributed by atoms with van der Waals surface area (Å²) in [4.78, 5) is 51.1. The molecule has 7 nitrogen and oxygen atoms in total. The summed E-state index contributed by atoms with van der Waals surface area (Å²) in [5.41, 5.74) is 0.293. The van der Waals surface area contributed by atoms with Crippen LogP contribution in [0.5, 0.6) is 0 Å². The SMILES string of the molecule is C[C@@H](C(=O)OCC(=O)Nc1cccc(Cl)c1Cl)N1C(=O)[C@@H]2[C@H]3CC[C@@H](C3)[C@@H]2C1=O. The Morgan fingerprint density at radius 2 is 1.79 bits per heavy atom. The third kappa shape index (κ3) is 3.40. The van der Waals surface area contributed by atoms with E-state index in [0.29, 0.717) is 5.69 Å². The number of hydrogen-bond acceptors (Lipinski definition) is 5. The number of imide groups is 1. The number of esters is 1. The maximum absolute atomic E-state index is 12.8. The van der Waals surface area contributed by atoms with E-state index < -0.39 is 24.5 Å². The highest BCUT2D eigenvalue weighted by Crippen LogP contribution is 2.56. The van der Waals surface area contributed by atoms with Crippen molar-refractivity contribution < 1.29 is 23.9 Å². The summed E-state index contributed by atoms with van der Waals surface area (Å²) in [6.45, 7) is 0.882. The molecule has 0 spiro atoms. The van der Waals surface area contributed by atoms with E-state index in [4.69, 9.17) is 27.9 Å². The van der Waals surface area contributed by atoms with Crippen LogP contribution in [0.1, 0.15) is 26.2 Å². The number of rotatable bonds is 5. The standard InChI is InChI=1S/C20H20Cl2N2O5/c1-9(24-18(26)15-10-5-6-11(7-10)16(15)19(24)27)20(28)29-8-14(25)23-13-4-2-3-12(21)17(13)22/h2-4,9-11,15-16H,5-8H2,1H3,(H,23,25)/t9-,10-,11-,15-,16+/m0/s1. The number of carbonyl (C=O) groups is 4. The zero-order valence-electron chi connectivity index (χ0n) is 15.7. The van der Waals surface area contributed by atoms with Gasteiger partial charge in [-0.2, -0.15) is 0 Å². The molecule has 3 aliphatic rings. The number of fused-ring (bicyclic) bond motifs is 5. The van der Waals surface area contributed by atoms with Crippen molar-refractivity contribution in [2.45, 2.75) is 32.2 Å². The maximum atomic E-state index is 12.8.